The second-order valence-corrected chi connectivity index (χ2v) is 10.8. The zero-order valence-corrected chi connectivity index (χ0v) is 20.4. The summed E-state index contributed by atoms with van der Waals surface area (Å²) in [6.07, 6.45) is 37.8. The summed E-state index contributed by atoms with van der Waals surface area (Å²) < 4.78 is 0. The van der Waals surface area contributed by atoms with Gasteiger partial charge in [-0.05, 0) is 17.8 Å². The maximum Gasteiger partial charge on any atom is -0.0360 e. The molecule has 0 nitrogen and oxygen atoms in total. The van der Waals surface area contributed by atoms with Crippen LogP contribution in [0.5, 0.6) is 0 Å². The minimum Gasteiger partial charge on any atom is -0.0651 e. The first-order chi connectivity index (χ1) is 14.4. The van der Waals surface area contributed by atoms with Gasteiger partial charge in [0.25, 0.3) is 0 Å². The molecule has 2 fully saturated rings. The Hall–Kier alpha value is 0. The van der Waals surface area contributed by atoms with Crippen molar-refractivity contribution < 1.29 is 0 Å². The van der Waals surface area contributed by atoms with E-state index >= 15 is 0 Å². The van der Waals surface area contributed by atoms with Gasteiger partial charge in [-0.2, -0.15) is 0 Å². The minimum absolute atomic E-state index is 1.03. The van der Waals surface area contributed by atoms with Gasteiger partial charge in [-0.15, -0.1) is 0 Å². The summed E-state index contributed by atoms with van der Waals surface area (Å²) in [6, 6.07) is 0. The van der Waals surface area contributed by atoms with E-state index in [0.717, 1.165) is 17.8 Å². The van der Waals surface area contributed by atoms with Crippen LogP contribution < -0.4 is 0 Å². The van der Waals surface area contributed by atoms with E-state index in [-0.39, 0.29) is 0 Å². The Kier molecular flexibility index (Phi) is 15.4. The Bertz CT molecular complexity index is 286. The van der Waals surface area contributed by atoms with Crippen molar-refractivity contribution in [2.24, 2.45) is 17.8 Å². The molecule has 29 heavy (non-hydrogen) atoms. The first kappa shape index (κ1) is 25.3. The first-order valence-electron chi connectivity index (χ1n) is 14.4. The largest absolute Gasteiger partial charge is 0.0651 e. The third-order valence-corrected chi connectivity index (χ3v) is 8.48. The molecule has 0 spiro atoms. The van der Waals surface area contributed by atoms with Crippen molar-refractivity contribution >= 4 is 0 Å². The second-order valence-electron chi connectivity index (χ2n) is 10.8. The summed E-state index contributed by atoms with van der Waals surface area (Å²) >= 11 is 0. The SMILES string of the molecule is CCC(C1CCCCCCCCCCCC1)C1CCCCCCCCCCCC1. The molecule has 2 saturated carbocycles. The van der Waals surface area contributed by atoms with E-state index in [0.29, 0.717) is 0 Å². The molecule has 172 valence electrons. The van der Waals surface area contributed by atoms with Gasteiger partial charge in [0.1, 0.15) is 0 Å². The summed E-state index contributed by atoms with van der Waals surface area (Å²) in [5, 5.41) is 0. The van der Waals surface area contributed by atoms with Crippen molar-refractivity contribution in [2.45, 2.75) is 167 Å². The standard InChI is InChI=1S/C29H56/c1-2-29(27-23-19-15-11-7-3-4-8-12-16-20-24-27)28-25-21-17-13-9-5-6-10-14-18-22-26-28/h27-29H,2-26H2,1H3. The molecule has 0 amide bonds. The van der Waals surface area contributed by atoms with Gasteiger partial charge >= 0.3 is 0 Å². The zero-order valence-electron chi connectivity index (χ0n) is 20.4. The van der Waals surface area contributed by atoms with Crippen molar-refractivity contribution in [3.63, 3.8) is 0 Å². The fourth-order valence-electron chi connectivity index (χ4n) is 6.65. The monoisotopic (exact) mass is 404 g/mol. The molecule has 0 aromatic rings. The Labute approximate surface area is 185 Å². The molecule has 0 heterocycles. The maximum absolute atomic E-state index is 2.53. The van der Waals surface area contributed by atoms with Crippen LogP contribution in [0.2, 0.25) is 0 Å². The highest BCUT2D eigenvalue weighted by Crippen LogP contribution is 2.38. The lowest BCUT2D eigenvalue weighted by Gasteiger charge is -2.34. The topological polar surface area (TPSA) is 0 Å². The molecule has 0 radical (unpaired) electrons. The van der Waals surface area contributed by atoms with E-state index in [4.69, 9.17) is 0 Å². The predicted molar refractivity (Wildman–Crippen MR) is 132 cm³/mol. The fraction of sp³-hybridized carbons (Fsp3) is 1.00. The smallest absolute Gasteiger partial charge is 0.0360 e. The Morgan fingerprint density at radius 2 is 0.586 bits per heavy atom. The van der Waals surface area contributed by atoms with Crippen LogP contribution in [0.15, 0.2) is 0 Å². The highest BCUT2D eigenvalue weighted by Gasteiger charge is 2.27. The predicted octanol–water partition coefficient (Wildman–Crippen LogP) is 10.6. The summed E-state index contributed by atoms with van der Waals surface area (Å²) in [6.45, 7) is 2.53. The van der Waals surface area contributed by atoms with E-state index in [1.54, 1.807) is 25.7 Å². The van der Waals surface area contributed by atoms with E-state index in [1.807, 2.05) is 0 Å². The average Bonchev–Trinajstić information content (AvgIpc) is 2.78. The van der Waals surface area contributed by atoms with Crippen LogP contribution in [0.3, 0.4) is 0 Å². The van der Waals surface area contributed by atoms with Crippen LogP contribution in [0.4, 0.5) is 0 Å². The van der Waals surface area contributed by atoms with Crippen LogP contribution >= 0.6 is 0 Å². The van der Waals surface area contributed by atoms with E-state index in [1.165, 1.54) is 135 Å². The normalized spacial score (nSPS) is 25.0. The summed E-state index contributed by atoms with van der Waals surface area (Å²) in [5.74, 6) is 3.12. The molecule has 0 unspecified atom stereocenters. The van der Waals surface area contributed by atoms with Crippen molar-refractivity contribution in [1.29, 1.82) is 0 Å². The van der Waals surface area contributed by atoms with Gasteiger partial charge in [-0.1, -0.05) is 167 Å². The van der Waals surface area contributed by atoms with E-state index < -0.39 is 0 Å². The number of hydrogen-bond acceptors (Lipinski definition) is 0. The van der Waals surface area contributed by atoms with Gasteiger partial charge in [-0.25, -0.2) is 0 Å². The molecule has 2 rings (SSSR count). The van der Waals surface area contributed by atoms with Gasteiger partial charge in [0.15, 0.2) is 0 Å². The lowest BCUT2D eigenvalue weighted by atomic mass is 9.71. The van der Waals surface area contributed by atoms with Gasteiger partial charge in [0.05, 0.1) is 0 Å². The van der Waals surface area contributed by atoms with Gasteiger partial charge in [0, 0.05) is 0 Å². The van der Waals surface area contributed by atoms with Crippen molar-refractivity contribution in [2.75, 3.05) is 0 Å². The summed E-state index contributed by atoms with van der Waals surface area (Å²) in [5.41, 5.74) is 0. The molecule has 0 heteroatoms. The lowest BCUT2D eigenvalue weighted by molar-refractivity contribution is 0.165. The molecule has 0 bridgehead atoms. The third kappa shape index (κ3) is 11.8. The molecular weight excluding hydrogens is 348 g/mol. The summed E-state index contributed by atoms with van der Waals surface area (Å²) in [4.78, 5) is 0. The highest BCUT2D eigenvalue weighted by molar-refractivity contribution is 4.78. The first-order valence-corrected chi connectivity index (χ1v) is 14.4. The fourth-order valence-corrected chi connectivity index (χ4v) is 6.65. The lowest BCUT2D eigenvalue weighted by Crippen LogP contribution is -2.24. The minimum atomic E-state index is 1.03. The molecule has 0 saturated heterocycles. The molecule has 0 aliphatic heterocycles. The Morgan fingerprint density at radius 1 is 0.379 bits per heavy atom. The van der Waals surface area contributed by atoms with Crippen LogP contribution in [-0.4, -0.2) is 0 Å². The van der Waals surface area contributed by atoms with E-state index in [2.05, 4.69) is 6.92 Å². The third-order valence-electron chi connectivity index (χ3n) is 8.48. The molecule has 2 aliphatic carbocycles. The number of rotatable bonds is 3. The molecule has 0 N–H and O–H groups in total. The van der Waals surface area contributed by atoms with Crippen LogP contribution in [0.25, 0.3) is 0 Å². The zero-order chi connectivity index (χ0) is 20.4. The molecular formula is C29H56. The van der Waals surface area contributed by atoms with Crippen LogP contribution in [-0.2, 0) is 0 Å². The maximum atomic E-state index is 2.53. The molecule has 0 aromatic carbocycles. The van der Waals surface area contributed by atoms with Gasteiger partial charge in [-0.3, -0.25) is 0 Å². The summed E-state index contributed by atoms with van der Waals surface area (Å²) in [7, 11) is 0. The average molecular weight is 405 g/mol. The van der Waals surface area contributed by atoms with Gasteiger partial charge in [0.2, 0.25) is 0 Å². The van der Waals surface area contributed by atoms with Gasteiger partial charge < -0.3 is 0 Å². The van der Waals surface area contributed by atoms with Crippen LogP contribution in [0.1, 0.15) is 167 Å². The second kappa shape index (κ2) is 17.7. The highest BCUT2D eigenvalue weighted by atomic mass is 14.3. The molecule has 0 aromatic heterocycles. The molecule has 0 atom stereocenters. The Balaban J connectivity index is 1.92. The van der Waals surface area contributed by atoms with Crippen molar-refractivity contribution in [3.8, 4) is 0 Å². The Morgan fingerprint density at radius 3 is 0.793 bits per heavy atom. The molecule has 2 aliphatic rings. The number of hydrogen-bond donors (Lipinski definition) is 0. The quantitative estimate of drug-likeness (QED) is 0.438. The van der Waals surface area contributed by atoms with Crippen molar-refractivity contribution in [1.82, 2.24) is 0 Å². The van der Waals surface area contributed by atoms with E-state index in [9.17, 15) is 0 Å². The van der Waals surface area contributed by atoms with Crippen molar-refractivity contribution in [3.05, 3.63) is 0 Å². The van der Waals surface area contributed by atoms with Crippen LogP contribution in [0, 0.1) is 17.8 Å².